The van der Waals surface area contributed by atoms with Crippen LogP contribution in [0.1, 0.15) is 15.9 Å². The molecule has 3 rings (SSSR count). The number of pyridine rings is 1. The number of hydrogen-bond donors (Lipinski definition) is 2. The van der Waals surface area contributed by atoms with E-state index in [9.17, 15) is 4.79 Å². The number of nitrogens with one attached hydrogen (secondary N) is 2. The molecule has 0 aliphatic carbocycles. The number of fused-ring (bicyclic) bond motifs is 1. The summed E-state index contributed by atoms with van der Waals surface area (Å²) in [6, 6.07) is 9.07. The zero-order chi connectivity index (χ0) is 14.7. The van der Waals surface area contributed by atoms with Crippen molar-refractivity contribution >= 4 is 18.1 Å². The van der Waals surface area contributed by atoms with Crippen molar-refractivity contribution in [3.8, 4) is 11.5 Å². The second-order valence-electron chi connectivity index (χ2n) is 4.57. The predicted molar refractivity (Wildman–Crippen MR) is 80.2 cm³/mol. The van der Waals surface area contributed by atoms with Crippen LogP contribution in [0.2, 0.25) is 0 Å². The van der Waals surface area contributed by atoms with Crippen LogP contribution in [-0.4, -0.2) is 24.1 Å². The zero-order valence-electron chi connectivity index (χ0n) is 11.2. The molecule has 0 saturated heterocycles. The maximum atomic E-state index is 12.1. The van der Waals surface area contributed by atoms with Crippen LogP contribution in [0.4, 0.5) is 0 Å². The monoisotopic (exact) mass is 302 g/mol. The molecule has 0 saturated carbocycles. The summed E-state index contributed by atoms with van der Waals surface area (Å²) in [5.41, 5.74) is 1.41. The summed E-state index contributed by atoms with van der Waals surface area (Å²) in [6.07, 6.45) is 1.69. The number of H-pyrrole nitrogens is 1. The third-order valence-corrected chi connectivity index (χ3v) is 3.46. The van der Waals surface area contributed by atoms with Gasteiger partial charge in [-0.25, -0.2) is 0 Å². The fraction of sp³-hybridized carbons (Fsp3) is 0.200. The fourth-order valence-corrected chi connectivity index (χ4v) is 2.30. The molecule has 21 heavy (non-hydrogen) atoms. The van der Waals surface area contributed by atoms with Gasteiger partial charge >= 0.3 is 0 Å². The van der Waals surface area contributed by atoms with E-state index in [2.05, 4.69) is 10.3 Å². The van der Waals surface area contributed by atoms with Crippen LogP contribution in [-0.2, 0) is 6.54 Å². The lowest BCUT2D eigenvalue weighted by Crippen LogP contribution is -2.23. The first-order chi connectivity index (χ1) is 10.2. The second kappa shape index (κ2) is 5.97. The van der Waals surface area contributed by atoms with E-state index in [0.29, 0.717) is 35.7 Å². The highest BCUT2D eigenvalue weighted by Gasteiger charge is 2.12. The van der Waals surface area contributed by atoms with E-state index < -0.39 is 0 Å². The number of hydrogen-bond acceptors (Lipinski definition) is 4. The summed E-state index contributed by atoms with van der Waals surface area (Å²) in [4.78, 5) is 14.9. The van der Waals surface area contributed by atoms with Gasteiger partial charge in [-0.1, -0.05) is 18.3 Å². The van der Waals surface area contributed by atoms with Crippen LogP contribution < -0.4 is 14.8 Å². The average molecular weight is 302 g/mol. The Hall–Kier alpha value is -2.34. The maximum Gasteiger partial charge on any atom is 0.254 e. The molecule has 5 nitrogen and oxygen atoms in total. The molecule has 1 aromatic heterocycles. The van der Waals surface area contributed by atoms with E-state index in [1.807, 2.05) is 18.2 Å². The first-order valence-corrected chi connectivity index (χ1v) is 6.99. The minimum absolute atomic E-state index is 0.202. The Morgan fingerprint density at radius 1 is 1.24 bits per heavy atom. The van der Waals surface area contributed by atoms with Crippen LogP contribution in [0.3, 0.4) is 0 Å². The molecule has 0 radical (unpaired) electrons. The molecular formula is C15H14N2O3S. The van der Waals surface area contributed by atoms with Gasteiger partial charge in [-0.15, -0.1) is 0 Å². The minimum atomic E-state index is -0.202. The number of aromatic amines is 1. The first kappa shape index (κ1) is 13.6. The molecule has 2 aromatic rings. The van der Waals surface area contributed by atoms with Crippen molar-refractivity contribution in [3.63, 3.8) is 0 Å². The van der Waals surface area contributed by atoms with Crippen molar-refractivity contribution in [3.05, 3.63) is 52.3 Å². The number of ether oxygens (including phenoxy) is 2. The topological polar surface area (TPSA) is 63.4 Å². The fourth-order valence-electron chi connectivity index (χ4n) is 2.08. The Balaban J connectivity index is 1.69. The van der Waals surface area contributed by atoms with Crippen LogP contribution >= 0.6 is 12.2 Å². The van der Waals surface area contributed by atoms with Crippen LogP contribution in [0.25, 0.3) is 0 Å². The van der Waals surface area contributed by atoms with Crippen molar-refractivity contribution in [1.82, 2.24) is 10.3 Å². The van der Waals surface area contributed by atoms with Crippen LogP contribution in [0, 0.1) is 4.64 Å². The van der Waals surface area contributed by atoms with Gasteiger partial charge in [0, 0.05) is 12.7 Å². The van der Waals surface area contributed by atoms with Crippen LogP contribution in [0.15, 0.2) is 36.5 Å². The molecule has 2 heterocycles. The van der Waals surface area contributed by atoms with Gasteiger partial charge in [0.15, 0.2) is 11.5 Å². The summed E-state index contributed by atoms with van der Waals surface area (Å²) < 4.78 is 11.4. The third kappa shape index (κ3) is 3.05. The van der Waals surface area contributed by atoms with E-state index in [0.717, 1.165) is 11.3 Å². The number of carbonyl (C=O) groups is 1. The highest BCUT2D eigenvalue weighted by Crippen LogP contribution is 2.30. The number of rotatable bonds is 3. The van der Waals surface area contributed by atoms with Gasteiger partial charge in [0.2, 0.25) is 0 Å². The van der Waals surface area contributed by atoms with Gasteiger partial charge in [0.1, 0.15) is 17.9 Å². The first-order valence-electron chi connectivity index (χ1n) is 6.58. The Kier molecular flexibility index (Phi) is 3.87. The molecule has 1 amide bonds. The predicted octanol–water partition coefficient (Wildman–Crippen LogP) is 2.45. The lowest BCUT2D eigenvalue weighted by atomic mass is 10.2. The summed E-state index contributed by atoms with van der Waals surface area (Å²) in [6.45, 7) is 1.51. The Morgan fingerprint density at radius 3 is 2.86 bits per heavy atom. The Bertz CT molecular complexity index is 727. The van der Waals surface area contributed by atoms with E-state index in [1.165, 1.54) is 0 Å². The van der Waals surface area contributed by atoms with Gasteiger partial charge in [-0.05, 0) is 29.8 Å². The molecule has 1 aliphatic rings. The number of carbonyl (C=O) groups excluding carboxylic acids is 1. The average Bonchev–Trinajstić information content (AvgIpc) is 2.53. The molecule has 0 fully saturated rings. The Morgan fingerprint density at radius 2 is 2.05 bits per heavy atom. The second-order valence-corrected chi connectivity index (χ2v) is 4.98. The van der Waals surface area contributed by atoms with Gasteiger partial charge in [-0.2, -0.15) is 0 Å². The number of amides is 1. The normalized spacial score (nSPS) is 12.8. The van der Waals surface area contributed by atoms with Crippen molar-refractivity contribution in [1.29, 1.82) is 0 Å². The molecule has 0 unspecified atom stereocenters. The van der Waals surface area contributed by atoms with E-state index in [1.54, 1.807) is 18.3 Å². The molecule has 1 aromatic carbocycles. The molecular weight excluding hydrogens is 288 g/mol. The highest BCUT2D eigenvalue weighted by atomic mass is 32.1. The molecule has 0 bridgehead atoms. The number of benzene rings is 1. The Labute approximate surface area is 126 Å². The molecule has 0 atom stereocenters. The van der Waals surface area contributed by atoms with Crippen molar-refractivity contribution in [2.45, 2.75) is 6.54 Å². The van der Waals surface area contributed by atoms with Crippen LogP contribution in [0.5, 0.6) is 11.5 Å². The molecule has 108 valence electrons. The standard InChI is InChI=1S/C15H14N2O3S/c18-14(11-2-1-5-16-15(11)21)17-9-10-3-4-12-13(8-10)20-7-6-19-12/h1-5,8H,6-7,9H2,(H,16,21)(H,17,18). The summed E-state index contributed by atoms with van der Waals surface area (Å²) in [7, 11) is 0. The molecule has 0 spiro atoms. The molecule has 2 N–H and O–H groups in total. The smallest absolute Gasteiger partial charge is 0.254 e. The van der Waals surface area contributed by atoms with Gasteiger partial charge in [0.05, 0.1) is 5.56 Å². The SMILES string of the molecule is O=C(NCc1ccc2c(c1)OCCO2)c1ccc[nH]c1=S. The summed E-state index contributed by atoms with van der Waals surface area (Å²) in [5.74, 6) is 1.25. The molecule has 6 heteroatoms. The quantitative estimate of drug-likeness (QED) is 0.855. The third-order valence-electron chi connectivity index (χ3n) is 3.12. The van der Waals surface area contributed by atoms with E-state index in [4.69, 9.17) is 21.7 Å². The van der Waals surface area contributed by atoms with Crippen molar-refractivity contribution in [2.75, 3.05) is 13.2 Å². The largest absolute Gasteiger partial charge is 0.486 e. The number of aromatic nitrogens is 1. The minimum Gasteiger partial charge on any atom is -0.486 e. The maximum absolute atomic E-state index is 12.1. The van der Waals surface area contributed by atoms with Gasteiger partial charge < -0.3 is 19.8 Å². The van der Waals surface area contributed by atoms with E-state index in [-0.39, 0.29) is 5.91 Å². The summed E-state index contributed by atoms with van der Waals surface area (Å²) in [5, 5.41) is 2.84. The van der Waals surface area contributed by atoms with Crippen molar-refractivity contribution < 1.29 is 14.3 Å². The zero-order valence-corrected chi connectivity index (χ0v) is 12.0. The van der Waals surface area contributed by atoms with Gasteiger partial charge in [0.25, 0.3) is 5.91 Å². The lowest BCUT2D eigenvalue weighted by Gasteiger charge is -2.19. The van der Waals surface area contributed by atoms with E-state index >= 15 is 0 Å². The lowest BCUT2D eigenvalue weighted by molar-refractivity contribution is 0.0950. The highest BCUT2D eigenvalue weighted by molar-refractivity contribution is 7.71. The summed E-state index contributed by atoms with van der Waals surface area (Å²) >= 11 is 5.09. The van der Waals surface area contributed by atoms with Gasteiger partial charge in [-0.3, -0.25) is 4.79 Å². The molecule has 1 aliphatic heterocycles. The van der Waals surface area contributed by atoms with Crippen molar-refractivity contribution in [2.24, 2.45) is 0 Å².